The van der Waals surface area contributed by atoms with Crippen molar-refractivity contribution in [3.05, 3.63) is 46.3 Å². The molecular weight excluding hydrogens is 184 g/mol. The van der Waals surface area contributed by atoms with Gasteiger partial charge in [-0.25, -0.2) is 0 Å². The second-order valence-corrected chi connectivity index (χ2v) is 2.78. The number of carbonyl (C=O) groups is 1. The predicted octanol–water partition coefficient (Wildman–Crippen LogP) is 0.156. The maximum absolute atomic E-state index is 11.3. The van der Waals surface area contributed by atoms with Crippen LogP contribution in [-0.4, -0.2) is 5.97 Å². The van der Waals surface area contributed by atoms with Gasteiger partial charge in [-0.1, -0.05) is 0 Å². The highest BCUT2D eigenvalue weighted by Crippen LogP contribution is 2.11. The molecule has 0 bridgehead atoms. The van der Waals surface area contributed by atoms with E-state index in [1.54, 1.807) is 0 Å². The average molecular weight is 189 g/mol. The third-order valence-electron chi connectivity index (χ3n) is 1.90. The fourth-order valence-electron chi connectivity index (χ4n) is 1.21. The summed E-state index contributed by atoms with van der Waals surface area (Å²) in [6.45, 7) is 0. The van der Waals surface area contributed by atoms with E-state index in [1.807, 2.05) is 0 Å². The number of rotatable bonds is 1. The van der Waals surface area contributed by atoms with Gasteiger partial charge >= 0.3 is 0 Å². The van der Waals surface area contributed by atoms with Crippen molar-refractivity contribution in [1.82, 2.24) is 0 Å². The molecule has 0 atom stereocenters. The van der Waals surface area contributed by atoms with Crippen molar-refractivity contribution < 1.29 is 14.3 Å². The second-order valence-electron chi connectivity index (χ2n) is 2.78. The molecule has 0 saturated heterocycles. The molecule has 4 nitrogen and oxygen atoms in total. The van der Waals surface area contributed by atoms with E-state index in [2.05, 4.69) is 0 Å². The van der Waals surface area contributed by atoms with Gasteiger partial charge in [-0.15, -0.1) is 0 Å². The van der Waals surface area contributed by atoms with Crippen LogP contribution in [0.5, 0.6) is 0 Å². The number of fused-ring (bicyclic) bond motifs is 1. The maximum Gasteiger partial charge on any atom is 0.192 e. The van der Waals surface area contributed by atoms with Gasteiger partial charge in [0.15, 0.2) is 5.43 Å². The van der Waals surface area contributed by atoms with Crippen LogP contribution >= 0.6 is 0 Å². The third kappa shape index (κ3) is 1.26. The largest absolute Gasteiger partial charge is 0.545 e. The molecule has 0 unspecified atom stereocenters. The Hall–Kier alpha value is -2.10. The lowest BCUT2D eigenvalue weighted by Crippen LogP contribution is -2.22. The van der Waals surface area contributed by atoms with Crippen molar-refractivity contribution in [3.8, 4) is 0 Å². The molecule has 0 aliphatic rings. The van der Waals surface area contributed by atoms with Gasteiger partial charge in [0, 0.05) is 6.07 Å². The van der Waals surface area contributed by atoms with Crippen molar-refractivity contribution in [2.24, 2.45) is 0 Å². The van der Waals surface area contributed by atoms with Gasteiger partial charge in [-0.05, 0) is 23.8 Å². The summed E-state index contributed by atoms with van der Waals surface area (Å²) in [5.74, 6) is -1.31. The molecule has 2 rings (SSSR count). The van der Waals surface area contributed by atoms with E-state index in [4.69, 9.17) is 4.42 Å². The number of carboxylic acid groups (broad SMARTS) is 1. The Labute approximate surface area is 78.4 Å². The molecule has 1 aromatic heterocycles. The lowest BCUT2D eigenvalue weighted by atomic mass is 10.1. The van der Waals surface area contributed by atoms with Crippen molar-refractivity contribution in [3.63, 3.8) is 0 Å². The Balaban J connectivity index is 2.83. The Morgan fingerprint density at radius 2 is 2.07 bits per heavy atom. The van der Waals surface area contributed by atoms with Gasteiger partial charge in [0.25, 0.3) is 0 Å². The van der Waals surface area contributed by atoms with E-state index >= 15 is 0 Å². The molecule has 1 aromatic carbocycles. The molecule has 0 fully saturated rings. The summed E-state index contributed by atoms with van der Waals surface area (Å²) < 4.78 is 5.01. The zero-order chi connectivity index (χ0) is 10.1. The van der Waals surface area contributed by atoms with Crippen LogP contribution in [0.3, 0.4) is 0 Å². The van der Waals surface area contributed by atoms with Gasteiger partial charge in [-0.3, -0.25) is 4.79 Å². The number of benzene rings is 1. The summed E-state index contributed by atoms with van der Waals surface area (Å²) in [5.41, 5.74) is 0.0628. The average Bonchev–Trinajstić information content (AvgIpc) is 2.18. The molecule has 0 aliphatic heterocycles. The quantitative estimate of drug-likeness (QED) is 0.640. The molecule has 4 heteroatoms. The molecule has 0 aliphatic carbocycles. The van der Waals surface area contributed by atoms with Gasteiger partial charge in [0.2, 0.25) is 0 Å². The van der Waals surface area contributed by atoms with Gasteiger partial charge < -0.3 is 14.3 Å². The minimum absolute atomic E-state index is 0.0315. The molecule has 70 valence electrons. The molecule has 0 spiro atoms. The summed E-state index contributed by atoms with van der Waals surface area (Å²) in [4.78, 5) is 21.8. The third-order valence-corrected chi connectivity index (χ3v) is 1.90. The maximum atomic E-state index is 11.3. The van der Waals surface area contributed by atoms with Gasteiger partial charge in [0.05, 0.1) is 17.6 Å². The highest BCUT2D eigenvalue weighted by Gasteiger charge is 2.01. The van der Waals surface area contributed by atoms with Crippen molar-refractivity contribution >= 4 is 16.9 Å². The first-order valence-electron chi connectivity index (χ1n) is 3.91. The summed E-state index contributed by atoms with van der Waals surface area (Å²) in [6.07, 6.45) is 1.27. The van der Waals surface area contributed by atoms with Crippen LogP contribution < -0.4 is 10.5 Å². The van der Waals surface area contributed by atoms with Crippen molar-refractivity contribution in [2.45, 2.75) is 0 Å². The van der Waals surface area contributed by atoms with E-state index in [1.165, 1.54) is 30.5 Å². The van der Waals surface area contributed by atoms with Gasteiger partial charge in [-0.2, -0.15) is 0 Å². The van der Waals surface area contributed by atoms with E-state index in [9.17, 15) is 14.7 Å². The first-order valence-corrected chi connectivity index (χ1v) is 3.91. The Morgan fingerprint density at radius 3 is 2.79 bits per heavy atom. The molecule has 0 radical (unpaired) electrons. The predicted molar refractivity (Wildman–Crippen MR) is 46.8 cm³/mol. The molecule has 2 aromatic rings. The van der Waals surface area contributed by atoms with Crippen LogP contribution in [0.2, 0.25) is 0 Å². The zero-order valence-corrected chi connectivity index (χ0v) is 7.02. The van der Waals surface area contributed by atoms with Crippen molar-refractivity contribution in [1.29, 1.82) is 0 Å². The SMILES string of the molecule is O=C([O-])c1ccc2occc(=O)c2c1. The smallest absolute Gasteiger partial charge is 0.192 e. The van der Waals surface area contributed by atoms with Gasteiger partial charge in [0.1, 0.15) is 5.58 Å². The normalized spacial score (nSPS) is 10.3. The molecular formula is C10H5O4-. The molecule has 14 heavy (non-hydrogen) atoms. The van der Waals surface area contributed by atoms with Crippen LogP contribution in [-0.2, 0) is 0 Å². The summed E-state index contributed by atoms with van der Waals surface area (Å²) in [5, 5.41) is 10.8. The summed E-state index contributed by atoms with van der Waals surface area (Å²) >= 11 is 0. The number of carbonyl (C=O) groups excluding carboxylic acids is 1. The summed E-state index contributed by atoms with van der Waals surface area (Å²) in [7, 11) is 0. The lowest BCUT2D eigenvalue weighted by Gasteiger charge is -2.02. The standard InChI is InChI=1S/C10H6O4/c11-8-3-4-14-9-2-1-6(10(12)13)5-7(8)9/h1-5H,(H,12,13)/p-1. The van der Waals surface area contributed by atoms with E-state index in [-0.39, 0.29) is 16.4 Å². The molecule has 0 N–H and O–H groups in total. The van der Waals surface area contributed by atoms with E-state index in [0.717, 1.165) is 0 Å². The van der Waals surface area contributed by atoms with Crippen LogP contribution in [0.1, 0.15) is 10.4 Å². The molecule has 0 saturated carbocycles. The Morgan fingerprint density at radius 1 is 1.29 bits per heavy atom. The topological polar surface area (TPSA) is 70.3 Å². The zero-order valence-electron chi connectivity index (χ0n) is 7.02. The number of carboxylic acids is 1. The first-order chi connectivity index (χ1) is 6.68. The first kappa shape index (κ1) is 8.50. The number of aromatic carboxylic acids is 1. The second kappa shape index (κ2) is 2.99. The monoisotopic (exact) mass is 189 g/mol. The van der Waals surface area contributed by atoms with Crippen LogP contribution in [0.4, 0.5) is 0 Å². The minimum Gasteiger partial charge on any atom is -0.545 e. The summed E-state index contributed by atoms with van der Waals surface area (Å²) in [6, 6.07) is 5.25. The minimum atomic E-state index is -1.31. The molecule has 1 heterocycles. The Kier molecular flexibility index (Phi) is 1.81. The highest BCUT2D eigenvalue weighted by molar-refractivity contribution is 5.91. The fraction of sp³-hybridized carbons (Fsp3) is 0. The van der Waals surface area contributed by atoms with Crippen LogP contribution in [0, 0.1) is 0 Å². The Bertz CT molecular complexity index is 553. The van der Waals surface area contributed by atoms with E-state index < -0.39 is 5.97 Å². The van der Waals surface area contributed by atoms with Crippen LogP contribution in [0.25, 0.3) is 11.0 Å². The van der Waals surface area contributed by atoms with E-state index in [0.29, 0.717) is 5.58 Å². The lowest BCUT2D eigenvalue weighted by molar-refractivity contribution is -0.255. The number of hydrogen-bond donors (Lipinski definition) is 0. The number of hydrogen-bond acceptors (Lipinski definition) is 4. The van der Waals surface area contributed by atoms with Crippen molar-refractivity contribution in [2.75, 3.05) is 0 Å². The molecule has 0 amide bonds. The highest BCUT2D eigenvalue weighted by atomic mass is 16.4. The fourth-order valence-corrected chi connectivity index (χ4v) is 1.21. The van der Waals surface area contributed by atoms with Crippen LogP contribution in [0.15, 0.2) is 39.7 Å².